The minimum absolute atomic E-state index is 0.0433. The van der Waals surface area contributed by atoms with E-state index in [0.717, 1.165) is 32.4 Å². The number of carboxylic acids is 1. The zero-order chi connectivity index (χ0) is 15.2. The molecule has 1 aliphatic rings. The van der Waals surface area contributed by atoms with Crippen LogP contribution < -0.4 is 10.5 Å². The third-order valence-corrected chi connectivity index (χ3v) is 3.95. The van der Waals surface area contributed by atoms with Gasteiger partial charge >= 0.3 is 5.97 Å². The van der Waals surface area contributed by atoms with Gasteiger partial charge in [0, 0.05) is 38.4 Å². The van der Waals surface area contributed by atoms with Crippen LogP contribution in [0.3, 0.4) is 0 Å². The van der Waals surface area contributed by atoms with Crippen molar-refractivity contribution in [1.29, 1.82) is 0 Å². The van der Waals surface area contributed by atoms with Crippen molar-refractivity contribution >= 4 is 11.8 Å². The molecule has 21 heavy (non-hydrogen) atoms. The second kappa shape index (κ2) is 7.24. The topological polar surface area (TPSA) is 75.4 Å². The maximum atomic E-state index is 12.4. The summed E-state index contributed by atoms with van der Waals surface area (Å²) in [5, 5.41) is 8.79. The Morgan fingerprint density at radius 1 is 1.52 bits per heavy atom. The Morgan fingerprint density at radius 2 is 2.33 bits per heavy atom. The zero-order valence-corrected chi connectivity index (χ0v) is 12.5. The summed E-state index contributed by atoms with van der Waals surface area (Å²) in [6.45, 7) is 4.29. The molecule has 0 aliphatic carbocycles. The first-order valence-corrected chi connectivity index (χ1v) is 7.64. The number of aromatic nitrogens is 2. The summed E-state index contributed by atoms with van der Waals surface area (Å²) in [4.78, 5) is 29.3. The fourth-order valence-corrected chi connectivity index (χ4v) is 2.89. The monoisotopic (exact) mass is 293 g/mol. The molecule has 0 radical (unpaired) electrons. The Bertz CT molecular complexity index is 541. The second-order valence-electron chi connectivity index (χ2n) is 5.64. The number of hydrogen-bond donors (Lipinski definition) is 1. The predicted octanol–water partition coefficient (Wildman–Crippen LogP) is 1.73. The van der Waals surface area contributed by atoms with E-state index >= 15 is 0 Å². The molecule has 0 saturated carbocycles. The van der Waals surface area contributed by atoms with Crippen LogP contribution in [0.25, 0.3) is 0 Å². The Morgan fingerprint density at radius 3 is 3.05 bits per heavy atom. The Kier molecular flexibility index (Phi) is 5.36. The number of rotatable bonds is 6. The van der Waals surface area contributed by atoms with Gasteiger partial charge in [0.05, 0.1) is 0 Å². The average molecular weight is 293 g/mol. The SMILES string of the molecule is CCCn1ccnc(N2CCCC(CCC(=O)O)C2)c1=O. The van der Waals surface area contributed by atoms with Crippen molar-refractivity contribution in [1.82, 2.24) is 9.55 Å². The maximum absolute atomic E-state index is 12.4. The molecule has 1 atom stereocenters. The molecule has 6 nitrogen and oxygen atoms in total. The molecule has 1 unspecified atom stereocenters. The van der Waals surface area contributed by atoms with Gasteiger partial charge in [0.2, 0.25) is 0 Å². The standard InChI is InChI=1S/C15H23N3O3/c1-2-8-17-10-7-16-14(15(17)21)18-9-3-4-12(11-18)5-6-13(19)20/h7,10,12H,2-6,8-9,11H2,1H3,(H,19,20). The molecule has 2 rings (SSSR count). The lowest BCUT2D eigenvalue weighted by Crippen LogP contribution is -2.40. The number of nitrogens with zero attached hydrogens (tertiary/aromatic N) is 3. The number of carbonyl (C=O) groups is 1. The van der Waals surface area contributed by atoms with Crippen LogP contribution in [0.1, 0.15) is 39.0 Å². The third-order valence-electron chi connectivity index (χ3n) is 3.95. The van der Waals surface area contributed by atoms with Crippen molar-refractivity contribution in [3.05, 3.63) is 22.7 Å². The third kappa shape index (κ3) is 4.06. The molecule has 1 N–H and O–H groups in total. The van der Waals surface area contributed by atoms with Gasteiger partial charge in [0.15, 0.2) is 5.82 Å². The summed E-state index contributed by atoms with van der Waals surface area (Å²) in [5.41, 5.74) is -0.0433. The van der Waals surface area contributed by atoms with E-state index in [-0.39, 0.29) is 12.0 Å². The van der Waals surface area contributed by atoms with Crippen LogP contribution in [-0.4, -0.2) is 33.7 Å². The lowest BCUT2D eigenvalue weighted by atomic mass is 9.93. The van der Waals surface area contributed by atoms with Crippen molar-refractivity contribution < 1.29 is 9.90 Å². The van der Waals surface area contributed by atoms with Gasteiger partial charge in [0.25, 0.3) is 5.56 Å². The Labute approximate surface area is 124 Å². The fraction of sp³-hybridized carbons (Fsp3) is 0.667. The summed E-state index contributed by atoms with van der Waals surface area (Å²) < 4.78 is 1.70. The van der Waals surface area contributed by atoms with Crippen molar-refractivity contribution in [3.8, 4) is 0 Å². The molecule has 0 aromatic carbocycles. The van der Waals surface area contributed by atoms with Gasteiger partial charge in [-0.15, -0.1) is 0 Å². The average Bonchev–Trinajstić information content (AvgIpc) is 2.48. The van der Waals surface area contributed by atoms with E-state index in [1.807, 2.05) is 11.8 Å². The minimum atomic E-state index is -0.754. The van der Waals surface area contributed by atoms with Gasteiger partial charge < -0.3 is 14.6 Å². The molecule has 1 saturated heterocycles. The summed E-state index contributed by atoms with van der Waals surface area (Å²) in [6.07, 6.45) is 7.18. The van der Waals surface area contributed by atoms with Crippen molar-refractivity contribution in [2.75, 3.05) is 18.0 Å². The molecule has 1 aromatic rings. The predicted molar refractivity (Wildman–Crippen MR) is 80.6 cm³/mol. The van der Waals surface area contributed by atoms with E-state index in [1.54, 1.807) is 17.0 Å². The number of carboxylic acid groups (broad SMARTS) is 1. The molecule has 2 heterocycles. The summed E-state index contributed by atoms with van der Waals surface area (Å²) in [5.74, 6) is 0.0807. The number of aliphatic carboxylic acids is 1. The number of anilines is 1. The Balaban J connectivity index is 2.09. The first-order valence-electron chi connectivity index (χ1n) is 7.64. The summed E-state index contributed by atoms with van der Waals surface area (Å²) in [6, 6.07) is 0. The summed E-state index contributed by atoms with van der Waals surface area (Å²) in [7, 11) is 0. The molecule has 116 valence electrons. The molecule has 1 fully saturated rings. The quantitative estimate of drug-likeness (QED) is 0.864. The highest BCUT2D eigenvalue weighted by Gasteiger charge is 2.23. The Hall–Kier alpha value is -1.85. The number of piperidine rings is 1. The fourth-order valence-electron chi connectivity index (χ4n) is 2.89. The number of aryl methyl sites for hydroxylation is 1. The first kappa shape index (κ1) is 15.5. The molecule has 0 amide bonds. The van der Waals surface area contributed by atoms with Crippen LogP contribution in [0, 0.1) is 5.92 Å². The molecular formula is C15H23N3O3. The molecule has 0 bridgehead atoms. The van der Waals surface area contributed by atoms with Crippen LogP contribution in [0.15, 0.2) is 17.2 Å². The normalized spacial score (nSPS) is 18.7. The van der Waals surface area contributed by atoms with Crippen LogP contribution in [-0.2, 0) is 11.3 Å². The lowest BCUT2D eigenvalue weighted by Gasteiger charge is -2.33. The van der Waals surface area contributed by atoms with E-state index in [1.165, 1.54) is 0 Å². The molecular weight excluding hydrogens is 270 g/mol. The second-order valence-corrected chi connectivity index (χ2v) is 5.64. The van der Waals surface area contributed by atoms with Crippen molar-refractivity contribution in [3.63, 3.8) is 0 Å². The highest BCUT2D eigenvalue weighted by molar-refractivity contribution is 5.66. The number of hydrogen-bond acceptors (Lipinski definition) is 4. The lowest BCUT2D eigenvalue weighted by molar-refractivity contribution is -0.137. The van der Waals surface area contributed by atoms with Crippen LogP contribution in [0.2, 0.25) is 0 Å². The van der Waals surface area contributed by atoms with Gasteiger partial charge in [-0.25, -0.2) is 4.98 Å². The van der Waals surface area contributed by atoms with E-state index in [9.17, 15) is 9.59 Å². The molecule has 6 heteroatoms. The van der Waals surface area contributed by atoms with Gasteiger partial charge in [0.1, 0.15) is 0 Å². The van der Waals surface area contributed by atoms with Gasteiger partial charge in [-0.1, -0.05) is 6.92 Å². The largest absolute Gasteiger partial charge is 0.481 e. The summed E-state index contributed by atoms with van der Waals surface area (Å²) >= 11 is 0. The van der Waals surface area contributed by atoms with Crippen LogP contribution in [0.4, 0.5) is 5.82 Å². The van der Waals surface area contributed by atoms with E-state index in [4.69, 9.17) is 5.11 Å². The van der Waals surface area contributed by atoms with Crippen molar-refractivity contribution in [2.45, 2.75) is 45.6 Å². The molecule has 1 aliphatic heterocycles. The maximum Gasteiger partial charge on any atom is 0.303 e. The van der Waals surface area contributed by atoms with Crippen LogP contribution >= 0.6 is 0 Å². The molecule has 0 spiro atoms. The van der Waals surface area contributed by atoms with E-state index < -0.39 is 5.97 Å². The van der Waals surface area contributed by atoms with E-state index in [0.29, 0.717) is 24.7 Å². The zero-order valence-electron chi connectivity index (χ0n) is 12.5. The highest BCUT2D eigenvalue weighted by Crippen LogP contribution is 2.23. The smallest absolute Gasteiger partial charge is 0.303 e. The van der Waals surface area contributed by atoms with Gasteiger partial charge in [-0.05, 0) is 31.6 Å². The van der Waals surface area contributed by atoms with Gasteiger partial charge in [-0.3, -0.25) is 9.59 Å². The van der Waals surface area contributed by atoms with E-state index in [2.05, 4.69) is 4.98 Å². The van der Waals surface area contributed by atoms with Crippen LogP contribution in [0.5, 0.6) is 0 Å². The van der Waals surface area contributed by atoms with Crippen molar-refractivity contribution in [2.24, 2.45) is 5.92 Å². The van der Waals surface area contributed by atoms with Gasteiger partial charge in [-0.2, -0.15) is 0 Å². The first-order chi connectivity index (χ1) is 10.1. The highest BCUT2D eigenvalue weighted by atomic mass is 16.4. The molecule has 1 aromatic heterocycles. The minimum Gasteiger partial charge on any atom is -0.481 e.